The molecule has 1 aliphatic rings. The third-order valence-electron chi connectivity index (χ3n) is 4.04. The smallest absolute Gasteiger partial charge is 0.248 e. The highest BCUT2D eigenvalue weighted by Crippen LogP contribution is 2.32. The van der Waals surface area contributed by atoms with E-state index in [9.17, 15) is 4.79 Å². The number of fused-ring (bicyclic) bond motifs is 1. The first-order valence-electron chi connectivity index (χ1n) is 8.57. The molecule has 0 radical (unpaired) electrons. The molecule has 0 aliphatic carbocycles. The second-order valence-corrected chi connectivity index (χ2v) is 6.00. The average Bonchev–Trinajstić information content (AvgIpc) is 3.17. The first kappa shape index (κ1) is 16.7. The zero-order chi connectivity index (χ0) is 18.5. The van der Waals surface area contributed by atoms with Gasteiger partial charge in [-0.05, 0) is 60.2 Å². The van der Waals surface area contributed by atoms with Gasteiger partial charge in [0.15, 0.2) is 11.5 Å². The molecule has 0 bridgehead atoms. The van der Waals surface area contributed by atoms with Gasteiger partial charge < -0.3 is 20.1 Å². The number of amides is 1. The van der Waals surface area contributed by atoms with Gasteiger partial charge in [-0.2, -0.15) is 0 Å². The summed E-state index contributed by atoms with van der Waals surface area (Å²) < 4.78 is 10.6. The van der Waals surface area contributed by atoms with Crippen molar-refractivity contribution in [1.29, 1.82) is 0 Å². The van der Waals surface area contributed by atoms with Gasteiger partial charge in [-0.15, -0.1) is 0 Å². The second-order valence-electron chi connectivity index (χ2n) is 6.00. The number of carbonyl (C=O) groups is 1. The lowest BCUT2D eigenvalue weighted by Crippen LogP contribution is -2.07. The summed E-state index contributed by atoms with van der Waals surface area (Å²) in [6.45, 7) is 0.234. The molecule has 2 N–H and O–H groups in total. The zero-order valence-corrected chi connectivity index (χ0v) is 14.5. The average molecular weight is 358 g/mol. The SMILES string of the molecule is O=C(/C=C\c1ccc2c(c1)OCO2)Nc1ccc(Nc2ccccc2)cc1. The predicted molar refractivity (Wildman–Crippen MR) is 106 cm³/mol. The third-order valence-corrected chi connectivity index (χ3v) is 4.04. The highest BCUT2D eigenvalue weighted by Gasteiger charge is 2.12. The van der Waals surface area contributed by atoms with E-state index in [0.29, 0.717) is 5.75 Å². The highest BCUT2D eigenvalue weighted by atomic mass is 16.7. The Morgan fingerprint density at radius 2 is 1.52 bits per heavy atom. The molecule has 0 aromatic heterocycles. The fourth-order valence-corrected chi connectivity index (χ4v) is 2.70. The normalized spacial score (nSPS) is 12.1. The van der Waals surface area contributed by atoms with E-state index in [-0.39, 0.29) is 12.7 Å². The summed E-state index contributed by atoms with van der Waals surface area (Å²) in [5, 5.41) is 6.15. The lowest BCUT2D eigenvalue weighted by Gasteiger charge is -2.07. The van der Waals surface area contributed by atoms with E-state index in [0.717, 1.165) is 28.4 Å². The Bertz CT molecular complexity index is 967. The van der Waals surface area contributed by atoms with Gasteiger partial charge in [-0.3, -0.25) is 4.79 Å². The maximum absolute atomic E-state index is 12.1. The van der Waals surface area contributed by atoms with Gasteiger partial charge in [0, 0.05) is 23.1 Å². The fourth-order valence-electron chi connectivity index (χ4n) is 2.70. The van der Waals surface area contributed by atoms with Gasteiger partial charge in [0.05, 0.1) is 0 Å². The molecule has 5 nitrogen and oxygen atoms in total. The van der Waals surface area contributed by atoms with Crippen LogP contribution in [0.5, 0.6) is 11.5 Å². The number of nitrogens with one attached hydrogen (secondary N) is 2. The lowest BCUT2D eigenvalue weighted by molar-refractivity contribution is -0.111. The summed E-state index contributed by atoms with van der Waals surface area (Å²) in [4.78, 5) is 12.1. The largest absolute Gasteiger partial charge is 0.454 e. The van der Waals surface area contributed by atoms with E-state index >= 15 is 0 Å². The quantitative estimate of drug-likeness (QED) is 0.643. The van der Waals surface area contributed by atoms with Crippen molar-refractivity contribution in [3.8, 4) is 11.5 Å². The molecule has 1 amide bonds. The van der Waals surface area contributed by atoms with Crippen LogP contribution in [0.2, 0.25) is 0 Å². The van der Waals surface area contributed by atoms with Crippen molar-refractivity contribution in [2.45, 2.75) is 0 Å². The van der Waals surface area contributed by atoms with Gasteiger partial charge >= 0.3 is 0 Å². The molecule has 27 heavy (non-hydrogen) atoms. The molecule has 0 spiro atoms. The minimum Gasteiger partial charge on any atom is -0.454 e. The van der Waals surface area contributed by atoms with Crippen molar-refractivity contribution in [3.05, 3.63) is 84.4 Å². The van der Waals surface area contributed by atoms with Gasteiger partial charge in [0.1, 0.15) is 0 Å². The number of carbonyl (C=O) groups excluding carboxylic acids is 1. The van der Waals surface area contributed by atoms with Crippen molar-refractivity contribution >= 4 is 29.0 Å². The summed E-state index contributed by atoms with van der Waals surface area (Å²) in [7, 11) is 0. The predicted octanol–water partition coefficient (Wildman–Crippen LogP) is 4.81. The highest BCUT2D eigenvalue weighted by molar-refractivity contribution is 6.02. The van der Waals surface area contributed by atoms with Crippen LogP contribution in [0, 0.1) is 0 Å². The third kappa shape index (κ3) is 4.27. The molecule has 4 rings (SSSR count). The van der Waals surface area contributed by atoms with E-state index in [4.69, 9.17) is 9.47 Å². The maximum Gasteiger partial charge on any atom is 0.248 e. The van der Waals surface area contributed by atoms with Crippen LogP contribution in [0.15, 0.2) is 78.9 Å². The fraction of sp³-hybridized carbons (Fsp3) is 0.0455. The molecule has 3 aromatic carbocycles. The molecule has 134 valence electrons. The molecule has 0 atom stereocenters. The Balaban J connectivity index is 1.35. The monoisotopic (exact) mass is 358 g/mol. The van der Waals surface area contributed by atoms with E-state index in [1.807, 2.05) is 72.8 Å². The first-order chi connectivity index (χ1) is 13.3. The maximum atomic E-state index is 12.1. The molecular formula is C22H18N2O3. The summed E-state index contributed by atoms with van der Waals surface area (Å²) in [6, 6.07) is 23.0. The molecule has 5 heteroatoms. The molecule has 3 aromatic rings. The van der Waals surface area contributed by atoms with Crippen LogP contribution in [0.3, 0.4) is 0 Å². The van der Waals surface area contributed by atoms with Crippen molar-refractivity contribution in [2.24, 2.45) is 0 Å². The first-order valence-corrected chi connectivity index (χ1v) is 8.57. The summed E-state index contributed by atoms with van der Waals surface area (Å²) in [5.41, 5.74) is 3.57. The minimum absolute atomic E-state index is 0.198. The van der Waals surface area contributed by atoms with Crippen LogP contribution in [0.25, 0.3) is 6.08 Å². The van der Waals surface area contributed by atoms with E-state index in [1.165, 1.54) is 6.08 Å². The Morgan fingerprint density at radius 3 is 2.33 bits per heavy atom. The Morgan fingerprint density at radius 1 is 0.815 bits per heavy atom. The molecule has 1 heterocycles. The number of anilines is 3. The molecule has 0 saturated carbocycles. The van der Waals surface area contributed by atoms with E-state index < -0.39 is 0 Å². The van der Waals surface area contributed by atoms with Crippen LogP contribution in [0.1, 0.15) is 5.56 Å². The lowest BCUT2D eigenvalue weighted by atomic mass is 10.2. The van der Waals surface area contributed by atoms with Crippen LogP contribution < -0.4 is 20.1 Å². The number of benzene rings is 3. The van der Waals surface area contributed by atoms with Gasteiger partial charge in [0.2, 0.25) is 12.7 Å². The zero-order valence-electron chi connectivity index (χ0n) is 14.5. The van der Waals surface area contributed by atoms with Crippen molar-refractivity contribution in [2.75, 3.05) is 17.4 Å². The second kappa shape index (κ2) is 7.66. The summed E-state index contributed by atoms with van der Waals surface area (Å²) in [6.07, 6.45) is 3.23. The van der Waals surface area contributed by atoms with Gasteiger partial charge in [0.25, 0.3) is 0 Å². The summed E-state index contributed by atoms with van der Waals surface area (Å²) in [5.74, 6) is 1.22. The Hall–Kier alpha value is -3.73. The standard InChI is InChI=1S/C22H18N2O3/c25-22(13-7-16-6-12-20-21(14-16)27-15-26-20)24-19-10-8-18(9-11-19)23-17-4-2-1-3-5-17/h1-14,23H,15H2,(H,24,25)/b13-7-. The van der Waals surface area contributed by atoms with Crippen LogP contribution in [-0.2, 0) is 4.79 Å². The molecular weight excluding hydrogens is 340 g/mol. The number of hydrogen-bond donors (Lipinski definition) is 2. The molecule has 0 fully saturated rings. The topological polar surface area (TPSA) is 59.6 Å². The van der Waals surface area contributed by atoms with Gasteiger partial charge in [-0.25, -0.2) is 0 Å². The Labute approximate surface area is 157 Å². The van der Waals surface area contributed by atoms with Crippen molar-refractivity contribution in [3.63, 3.8) is 0 Å². The number of hydrogen-bond acceptors (Lipinski definition) is 4. The van der Waals surface area contributed by atoms with Gasteiger partial charge in [-0.1, -0.05) is 24.3 Å². The van der Waals surface area contributed by atoms with E-state index in [2.05, 4.69) is 10.6 Å². The molecule has 0 unspecified atom stereocenters. The number of ether oxygens (including phenoxy) is 2. The minimum atomic E-state index is -0.198. The molecule has 0 saturated heterocycles. The number of rotatable bonds is 5. The van der Waals surface area contributed by atoms with Crippen LogP contribution >= 0.6 is 0 Å². The van der Waals surface area contributed by atoms with Crippen LogP contribution in [0.4, 0.5) is 17.1 Å². The van der Waals surface area contributed by atoms with Crippen molar-refractivity contribution < 1.29 is 14.3 Å². The molecule has 1 aliphatic heterocycles. The summed E-state index contributed by atoms with van der Waals surface area (Å²) >= 11 is 0. The van der Waals surface area contributed by atoms with E-state index in [1.54, 1.807) is 6.08 Å². The van der Waals surface area contributed by atoms with Crippen molar-refractivity contribution in [1.82, 2.24) is 0 Å². The van der Waals surface area contributed by atoms with Crippen LogP contribution in [-0.4, -0.2) is 12.7 Å². The number of para-hydroxylation sites is 1. The Kier molecular flexibility index (Phi) is 4.74.